The molecule has 4 nitrogen and oxygen atoms in total. The third-order valence-corrected chi connectivity index (χ3v) is 3.04. The fraction of sp³-hybridized carbons (Fsp3) is 0.133. The van der Waals surface area contributed by atoms with Gasteiger partial charge in [-0.1, -0.05) is 11.6 Å². The summed E-state index contributed by atoms with van der Waals surface area (Å²) in [7, 11) is 3.30. The highest BCUT2D eigenvalue weighted by atomic mass is 35.5. The number of benzene rings is 2. The summed E-state index contributed by atoms with van der Waals surface area (Å²) in [5.41, 5.74) is 0.785. The molecule has 104 valence electrons. The van der Waals surface area contributed by atoms with Crippen molar-refractivity contribution in [3.05, 3.63) is 53.6 Å². The molecule has 0 heterocycles. The number of anilines is 1. The minimum atomic E-state index is -0.170. The number of nitrogens with zero attached hydrogens (tertiary/aromatic N) is 1. The van der Waals surface area contributed by atoms with E-state index < -0.39 is 0 Å². The van der Waals surface area contributed by atoms with Crippen LogP contribution in [0.2, 0.25) is 5.02 Å². The first kappa shape index (κ1) is 14.2. The van der Waals surface area contributed by atoms with E-state index >= 15 is 0 Å². The molecule has 2 aromatic carbocycles. The topological polar surface area (TPSA) is 41.6 Å². The number of hydrogen-bond donors (Lipinski definition) is 1. The van der Waals surface area contributed by atoms with Crippen LogP contribution in [0.15, 0.2) is 48.5 Å². The Hall–Kier alpha value is -2.20. The Bertz CT molecular complexity index is 582. The number of rotatable bonds is 3. The van der Waals surface area contributed by atoms with Gasteiger partial charge in [-0.05, 0) is 48.5 Å². The lowest BCUT2D eigenvalue weighted by Gasteiger charge is -2.16. The molecule has 2 amide bonds. The Balaban J connectivity index is 2.08. The Morgan fingerprint density at radius 2 is 1.55 bits per heavy atom. The zero-order chi connectivity index (χ0) is 14.5. The number of amides is 2. The molecule has 0 radical (unpaired) electrons. The molecule has 0 spiro atoms. The Labute approximate surface area is 122 Å². The molecule has 2 aromatic rings. The Kier molecular flexibility index (Phi) is 4.48. The molecule has 0 bridgehead atoms. The molecule has 0 aromatic heterocycles. The number of carbonyl (C=O) groups is 1. The number of carbonyl (C=O) groups excluding carboxylic acids is 1. The SMILES string of the molecule is CNC(=O)N(C)c1ccc(Oc2ccc(Cl)cc2)cc1. The van der Waals surface area contributed by atoms with Gasteiger partial charge >= 0.3 is 6.03 Å². The molecule has 0 aliphatic heterocycles. The van der Waals surface area contributed by atoms with Gasteiger partial charge in [0, 0.05) is 24.8 Å². The lowest BCUT2D eigenvalue weighted by Crippen LogP contribution is -2.34. The number of nitrogens with one attached hydrogen (secondary N) is 1. The van der Waals surface area contributed by atoms with Crippen molar-refractivity contribution >= 4 is 23.3 Å². The predicted octanol–water partition coefficient (Wildman–Crippen LogP) is 3.91. The van der Waals surface area contributed by atoms with Crippen molar-refractivity contribution in [1.29, 1.82) is 0 Å². The van der Waals surface area contributed by atoms with Gasteiger partial charge < -0.3 is 10.1 Å². The minimum Gasteiger partial charge on any atom is -0.457 e. The molecule has 5 heteroatoms. The van der Waals surface area contributed by atoms with Gasteiger partial charge in [0.2, 0.25) is 0 Å². The van der Waals surface area contributed by atoms with E-state index in [0.29, 0.717) is 16.5 Å². The first-order chi connectivity index (χ1) is 9.60. The van der Waals surface area contributed by atoms with Crippen molar-refractivity contribution in [3.8, 4) is 11.5 Å². The van der Waals surface area contributed by atoms with Crippen molar-refractivity contribution in [2.45, 2.75) is 0 Å². The van der Waals surface area contributed by atoms with Crippen LogP contribution in [0.3, 0.4) is 0 Å². The van der Waals surface area contributed by atoms with Crippen LogP contribution in [0.25, 0.3) is 0 Å². The van der Waals surface area contributed by atoms with Crippen molar-refractivity contribution in [1.82, 2.24) is 5.32 Å². The fourth-order valence-corrected chi connectivity index (χ4v) is 1.79. The summed E-state index contributed by atoms with van der Waals surface area (Å²) < 4.78 is 5.68. The molecule has 0 fully saturated rings. The predicted molar refractivity (Wildman–Crippen MR) is 80.8 cm³/mol. The summed E-state index contributed by atoms with van der Waals surface area (Å²) in [6.45, 7) is 0. The van der Waals surface area contributed by atoms with Crippen LogP contribution in [0, 0.1) is 0 Å². The highest BCUT2D eigenvalue weighted by molar-refractivity contribution is 6.30. The van der Waals surface area contributed by atoms with Gasteiger partial charge in [-0.25, -0.2) is 4.79 Å². The van der Waals surface area contributed by atoms with Crippen LogP contribution < -0.4 is 15.0 Å². The normalized spacial score (nSPS) is 9.95. The van der Waals surface area contributed by atoms with Crippen LogP contribution >= 0.6 is 11.6 Å². The second-order valence-electron chi connectivity index (χ2n) is 4.16. The van der Waals surface area contributed by atoms with Gasteiger partial charge in [0.05, 0.1) is 0 Å². The molecule has 0 aliphatic rings. The van der Waals surface area contributed by atoms with E-state index in [-0.39, 0.29) is 6.03 Å². The molecule has 20 heavy (non-hydrogen) atoms. The van der Waals surface area contributed by atoms with Crippen LogP contribution in [0.5, 0.6) is 11.5 Å². The number of ether oxygens (including phenoxy) is 1. The quantitative estimate of drug-likeness (QED) is 0.931. The molecular weight excluding hydrogens is 276 g/mol. The smallest absolute Gasteiger partial charge is 0.321 e. The molecule has 1 N–H and O–H groups in total. The van der Waals surface area contributed by atoms with Crippen molar-refractivity contribution < 1.29 is 9.53 Å². The number of urea groups is 1. The summed E-state index contributed by atoms with van der Waals surface area (Å²) >= 11 is 5.81. The molecule has 0 unspecified atom stereocenters. The summed E-state index contributed by atoms with van der Waals surface area (Å²) in [5, 5.41) is 3.23. The maximum Gasteiger partial charge on any atom is 0.321 e. The largest absolute Gasteiger partial charge is 0.457 e. The molecule has 0 aliphatic carbocycles. The van der Waals surface area contributed by atoms with Crippen LogP contribution in [-0.2, 0) is 0 Å². The van der Waals surface area contributed by atoms with E-state index in [1.165, 1.54) is 4.90 Å². The fourth-order valence-electron chi connectivity index (χ4n) is 1.66. The Morgan fingerprint density at radius 1 is 1.05 bits per heavy atom. The van der Waals surface area contributed by atoms with Crippen molar-refractivity contribution in [2.75, 3.05) is 19.0 Å². The third-order valence-electron chi connectivity index (χ3n) is 2.79. The lowest BCUT2D eigenvalue weighted by atomic mass is 10.3. The lowest BCUT2D eigenvalue weighted by molar-refractivity contribution is 0.249. The van der Waals surface area contributed by atoms with Gasteiger partial charge in [0.25, 0.3) is 0 Å². The second kappa shape index (κ2) is 6.30. The maximum absolute atomic E-state index is 11.5. The van der Waals surface area contributed by atoms with Gasteiger partial charge in [-0.2, -0.15) is 0 Å². The molecular formula is C15H15ClN2O2. The first-order valence-electron chi connectivity index (χ1n) is 6.09. The zero-order valence-electron chi connectivity index (χ0n) is 11.3. The Morgan fingerprint density at radius 3 is 2.05 bits per heavy atom. The van der Waals surface area contributed by atoms with Crippen molar-refractivity contribution in [3.63, 3.8) is 0 Å². The van der Waals surface area contributed by atoms with Gasteiger partial charge in [-0.3, -0.25) is 4.90 Å². The van der Waals surface area contributed by atoms with Crippen LogP contribution in [0.1, 0.15) is 0 Å². The standard InChI is InChI=1S/C15H15ClN2O2/c1-17-15(19)18(2)12-5-9-14(10-6-12)20-13-7-3-11(16)4-8-13/h3-10H,1-2H3,(H,17,19). The maximum atomic E-state index is 11.5. The van der Waals surface area contributed by atoms with E-state index in [2.05, 4.69) is 5.32 Å². The van der Waals surface area contributed by atoms with E-state index in [1.807, 2.05) is 24.3 Å². The van der Waals surface area contributed by atoms with Crippen LogP contribution in [0.4, 0.5) is 10.5 Å². The monoisotopic (exact) mass is 290 g/mol. The molecule has 0 saturated heterocycles. The summed E-state index contributed by atoms with van der Waals surface area (Å²) in [4.78, 5) is 13.0. The average molecular weight is 291 g/mol. The average Bonchev–Trinajstić information content (AvgIpc) is 2.49. The second-order valence-corrected chi connectivity index (χ2v) is 4.60. The van der Waals surface area contributed by atoms with E-state index in [4.69, 9.17) is 16.3 Å². The highest BCUT2D eigenvalue weighted by Crippen LogP contribution is 2.25. The molecule has 0 atom stereocenters. The van der Waals surface area contributed by atoms with Crippen LogP contribution in [-0.4, -0.2) is 20.1 Å². The number of hydrogen-bond acceptors (Lipinski definition) is 2. The third kappa shape index (κ3) is 3.42. The molecule has 2 rings (SSSR count). The van der Waals surface area contributed by atoms with Gasteiger partial charge in [0.15, 0.2) is 0 Å². The van der Waals surface area contributed by atoms with E-state index in [0.717, 1.165) is 5.69 Å². The zero-order valence-corrected chi connectivity index (χ0v) is 12.0. The van der Waals surface area contributed by atoms with Crippen molar-refractivity contribution in [2.24, 2.45) is 0 Å². The number of halogens is 1. The molecule has 0 saturated carbocycles. The summed E-state index contributed by atoms with van der Waals surface area (Å²) in [5.74, 6) is 1.41. The van der Waals surface area contributed by atoms with Gasteiger partial charge in [-0.15, -0.1) is 0 Å². The van der Waals surface area contributed by atoms with Gasteiger partial charge in [0.1, 0.15) is 11.5 Å². The van der Waals surface area contributed by atoms with E-state index in [1.54, 1.807) is 38.4 Å². The van der Waals surface area contributed by atoms with E-state index in [9.17, 15) is 4.79 Å². The minimum absolute atomic E-state index is 0.170. The highest BCUT2D eigenvalue weighted by Gasteiger charge is 2.08. The first-order valence-corrected chi connectivity index (χ1v) is 6.47. The summed E-state index contributed by atoms with van der Waals surface area (Å²) in [6.07, 6.45) is 0. The summed E-state index contributed by atoms with van der Waals surface area (Å²) in [6, 6.07) is 14.2.